The second-order valence-electron chi connectivity index (χ2n) is 20.0. The van der Waals surface area contributed by atoms with Gasteiger partial charge in [-0.2, -0.15) is 0 Å². The van der Waals surface area contributed by atoms with Crippen LogP contribution in [0.15, 0.2) is 255 Å². The lowest BCUT2D eigenvalue weighted by atomic mass is 9.94. The van der Waals surface area contributed by atoms with Crippen LogP contribution in [0.5, 0.6) is 0 Å². The van der Waals surface area contributed by atoms with Crippen LogP contribution in [-0.4, -0.2) is 24.1 Å². The Morgan fingerprint density at radius 1 is 0.295 bits per heavy atom. The van der Waals surface area contributed by atoms with Crippen LogP contribution in [0, 0.1) is 20.4 Å². The summed E-state index contributed by atoms with van der Waals surface area (Å²) in [6, 6.07) is 90.0. The molecule has 0 spiro atoms. The van der Waals surface area contributed by atoms with E-state index in [4.69, 9.17) is 21.5 Å². The summed E-state index contributed by atoms with van der Waals surface area (Å²) in [7, 11) is 0. The zero-order valence-corrected chi connectivity index (χ0v) is 42.9. The van der Waals surface area contributed by atoms with Gasteiger partial charge in [-0.25, -0.2) is 19.8 Å². The van der Waals surface area contributed by atoms with Gasteiger partial charge >= 0.3 is 0 Å². The number of aromatic nitrogens is 5. The Morgan fingerprint density at radius 3 is 1.19 bits per heavy atom. The van der Waals surface area contributed by atoms with Gasteiger partial charge in [-0.05, 0) is 131 Å². The maximum Gasteiger partial charge on any atom is 0.187 e. The van der Waals surface area contributed by atoms with Crippen molar-refractivity contribution < 1.29 is 0 Å². The predicted octanol–water partition coefficient (Wildman–Crippen LogP) is 18.9. The molecule has 0 saturated carbocycles. The van der Waals surface area contributed by atoms with Crippen molar-refractivity contribution in [2.45, 2.75) is 13.8 Å². The van der Waals surface area contributed by atoms with Gasteiger partial charge in [-0.1, -0.05) is 182 Å². The number of hydrogen-bond acceptors (Lipinski definition) is 3. The molecule has 3 heterocycles. The molecule has 0 amide bonds. The van der Waals surface area contributed by atoms with Crippen molar-refractivity contribution in [1.82, 2.24) is 24.1 Å². The summed E-state index contributed by atoms with van der Waals surface area (Å²) in [6.45, 7) is 12.5. The molecule has 0 aliphatic carbocycles. The highest BCUT2D eigenvalue weighted by molar-refractivity contribution is 6.12. The second-order valence-corrected chi connectivity index (χ2v) is 20.0. The third kappa shape index (κ3) is 7.92. The van der Waals surface area contributed by atoms with Crippen LogP contribution >= 0.6 is 0 Å². The van der Waals surface area contributed by atoms with E-state index < -0.39 is 0 Å². The zero-order valence-electron chi connectivity index (χ0n) is 42.9. The molecule has 0 bridgehead atoms. The fraction of sp³-hybridized carbons (Fsp3) is 0.0278. The van der Waals surface area contributed by atoms with Crippen LogP contribution < -0.4 is 0 Å². The van der Waals surface area contributed by atoms with Gasteiger partial charge in [0.15, 0.2) is 23.2 Å². The molecule has 14 aromatic rings. The van der Waals surface area contributed by atoms with E-state index in [9.17, 15) is 0 Å². The van der Waals surface area contributed by atoms with Crippen LogP contribution in [0.4, 0.5) is 5.69 Å². The van der Waals surface area contributed by atoms with E-state index >= 15 is 0 Å². The molecule has 0 fully saturated rings. The summed E-state index contributed by atoms with van der Waals surface area (Å²) in [6.07, 6.45) is 0. The molecule has 3 aromatic heterocycles. The third-order valence-corrected chi connectivity index (χ3v) is 15.3. The van der Waals surface area contributed by atoms with E-state index in [1.54, 1.807) is 0 Å². The first kappa shape index (κ1) is 46.1. The Bertz CT molecular complexity index is 4650. The Hall–Kier alpha value is -10.5. The monoisotopic (exact) mass is 996 g/mol. The summed E-state index contributed by atoms with van der Waals surface area (Å²) in [5.41, 5.74) is 20.8. The zero-order chi connectivity index (χ0) is 52.3. The van der Waals surface area contributed by atoms with Crippen molar-refractivity contribution >= 4 is 49.3 Å². The molecule has 0 atom stereocenters. The minimum atomic E-state index is 0.567. The van der Waals surface area contributed by atoms with E-state index in [2.05, 4.69) is 204 Å². The largest absolute Gasteiger partial charge is 0.309 e. The van der Waals surface area contributed by atoms with E-state index in [1.807, 2.05) is 78.9 Å². The summed E-state index contributed by atoms with van der Waals surface area (Å²) < 4.78 is 4.81. The van der Waals surface area contributed by atoms with Crippen LogP contribution in [0.25, 0.3) is 139 Å². The molecule has 0 aliphatic heterocycles. The average molecular weight is 997 g/mol. The summed E-state index contributed by atoms with van der Waals surface area (Å²) >= 11 is 0. The van der Waals surface area contributed by atoms with Crippen LogP contribution in [0.1, 0.15) is 11.1 Å². The molecule has 0 saturated heterocycles. The van der Waals surface area contributed by atoms with E-state index in [0.29, 0.717) is 23.2 Å². The average Bonchev–Trinajstić information content (AvgIpc) is 4.22. The summed E-state index contributed by atoms with van der Waals surface area (Å²) in [5.74, 6) is 1.76. The van der Waals surface area contributed by atoms with E-state index in [0.717, 1.165) is 72.4 Å². The number of rotatable bonds is 9. The van der Waals surface area contributed by atoms with Crippen molar-refractivity contribution in [2.24, 2.45) is 0 Å². The van der Waals surface area contributed by atoms with Crippen LogP contribution in [0.3, 0.4) is 0 Å². The number of para-hydroxylation sites is 2. The highest BCUT2D eigenvalue weighted by atomic mass is 15.0. The molecule has 0 aliphatic rings. The molecule has 0 radical (unpaired) electrons. The standard InChI is InChI=1S/C72H48N6/c1-46-19-10-12-27-56(46)51-33-38-68-62(43-51)58-29-14-16-31-64(58)77(68)66-37-35-53(42-60(66)50-25-18-26-55(41-50)73-3)61-45-54(72-75-70(48-21-6-4-7-22-48)74-71(76-72)49-23-8-5-9-24-49)36-40-67(61)78-65-32-17-15-30-59(65)63-44-52(34-39-69(63)78)57-28-13-11-20-47(57)2/h4-45H,1-2H3. The van der Waals surface area contributed by atoms with Gasteiger partial charge in [-0.3, -0.25) is 0 Å². The van der Waals surface area contributed by atoms with E-state index in [1.165, 1.54) is 54.9 Å². The highest BCUT2D eigenvalue weighted by Gasteiger charge is 2.23. The maximum atomic E-state index is 8.15. The molecular weight excluding hydrogens is 949 g/mol. The molecule has 6 nitrogen and oxygen atoms in total. The van der Waals surface area contributed by atoms with Crippen molar-refractivity contribution in [3.8, 4) is 90.0 Å². The Labute approximate surface area is 452 Å². The second kappa shape index (κ2) is 19.0. The number of fused-ring (bicyclic) bond motifs is 6. The summed E-state index contributed by atoms with van der Waals surface area (Å²) in [4.78, 5) is 19.5. The SMILES string of the molecule is [C-]#[N+]c1cccc(-c2cc(-c3cc(-c4nc(-c5ccccc5)nc(-c5ccccc5)n4)ccc3-n3c4ccccc4c4cc(-c5ccccc5C)ccc43)ccc2-n2c3ccccc3c3cc(-c4ccccc4C)ccc32)c1. The molecular formula is C72H48N6. The topological polar surface area (TPSA) is 52.9 Å². The number of aryl methyl sites for hydroxylation is 2. The number of benzene rings is 11. The normalized spacial score (nSPS) is 11.4. The van der Waals surface area contributed by atoms with Gasteiger partial charge in [0.05, 0.1) is 40.0 Å². The number of nitrogens with zero attached hydrogens (tertiary/aromatic N) is 6. The van der Waals surface area contributed by atoms with Gasteiger partial charge in [0, 0.05) is 49.4 Å². The van der Waals surface area contributed by atoms with Gasteiger partial charge < -0.3 is 9.13 Å². The molecule has 366 valence electrons. The Kier molecular flexibility index (Phi) is 11.2. The first-order chi connectivity index (χ1) is 38.5. The lowest BCUT2D eigenvalue weighted by Crippen LogP contribution is -2.02. The Balaban J connectivity index is 1.04. The van der Waals surface area contributed by atoms with Crippen molar-refractivity contribution in [3.05, 3.63) is 277 Å². The molecule has 0 unspecified atom stereocenters. The predicted molar refractivity (Wildman–Crippen MR) is 322 cm³/mol. The summed E-state index contributed by atoms with van der Waals surface area (Å²) in [5, 5.41) is 4.68. The fourth-order valence-corrected chi connectivity index (χ4v) is 11.5. The quantitative estimate of drug-likeness (QED) is 0.135. The first-order valence-electron chi connectivity index (χ1n) is 26.3. The van der Waals surface area contributed by atoms with Crippen LogP contribution in [0.2, 0.25) is 0 Å². The maximum absolute atomic E-state index is 8.15. The lowest BCUT2D eigenvalue weighted by Gasteiger charge is -2.19. The van der Waals surface area contributed by atoms with E-state index in [-0.39, 0.29) is 0 Å². The first-order valence-corrected chi connectivity index (χ1v) is 26.3. The van der Waals surface area contributed by atoms with Crippen molar-refractivity contribution in [2.75, 3.05) is 0 Å². The smallest absolute Gasteiger partial charge is 0.187 e. The Morgan fingerprint density at radius 2 is 0.679 bits per heavy atom. The third-order valence-electron chi connectivity index (χ3n) is 15.3. The van der Waals surface area contributed by atoms with Crippen molar-refractivity contribution in [1.29, 1.82) is 0 Å². The molecule has 14 rings (SSSR count). The molecule has 0 N–H and O–H groups in total. The minimum absolute atomic E-state index is 0.567. The minimum Gasteiger partial charge on any atom is -0.309 e. The molecule has 6 heteroatoms. The molecule has 11 aromatic carbocycles. The molecule has 78 heavy (non-hydrogen) atoms. The van der Waals surface area contributed by atoms with Gasteiger partial charge in [-0.15, -0.1) is 0 Å². The van der Waals surface area contributed by atoms with Gasteiger partial charge in [0.1, 0.15) is 0 Å². The highest BCUT2D eigenvalue weighted by Crippen LogP contribution is 2.44. The van der Waals surface area contributed by atoms with Gasteiger partial charge in [0.25, 0.3) is 0 Å². The number of hydrogen-bond donors (Lipinski definition) is 0. The van der Waals surface area contributed by atoms with Crippen LogP contribution in [-0.2, 0) is 0 Å². The lowest BCUT2D eigenvalue weighted by molar-refractivity contribution is 1.07. The van der Waals surface area contributed by atoms with Gasteiger partial charge in [0.2, 0.25) is 0 Å². The van der Waals surface area contributed by atoms with Crippen molar-refractivity contribution in [3.63, 3.8) is 0 Å². The fourth-order valence-electron chi connectivity index (χ4n) is 11.5.